The summed E-state index contributed by atoms with van der Waals surface area (Å²) in [5.41, 5.74) is 9.58. The third-order valence-corrected chi connectivity index (χ3v) is 3.83. The van der Waals surface area contributed by atoms with E-state index in [-0.39, 0.29) is 6.04 Å². The molecule has 0 saturated heterocycles. The molecule has 0 fully saturated rings. The van der Waals surface area contributed by atoms with Crippen LogP contribution in [-0.4, -0.2) is 4.98 Å². The van der Waals surface area contributed by atoms with Crippen LogP contribution in [-0.2, 0) is 6.42 Å². The van der Waals surface area contributed by atoms with Gasteiger partial charge in [0.05, 0.1) is 11.7 Å². The average molecular weight is 370 g/mol. The summed E-state index contributed by atoms with van der Waals surface area (Å²) in [6.45, 7) is 2.08. The second-order valence-electron chi connectivity index (χ2n) is 4.32. The van der Waals surface area contributed by atoms with E-state index in [2.05, 4.69) is 68.0 Å². The lowest BCUT2D eigenvalue weighted by molar-refractivity contribution is 0.691. The zero-order valence-electron chi connectivity index (χ0n) is 10.0. The number of rotatable bonds is 3. The number of halogens is 2. The quantitative estimate of drug-likeness (QED) is 0.882. The maximum absolute atomic E-state index is 6.21. The van der Waals surface area contributed by atoms with Crippen LogP contribution in [0.15, 0.2) is 45.5 Å². The highest BCUT2D eigenvalue weighted by atomic mass is 79.9. The molecule has 1 aromatic carbocycles. The summed E-state index contributed by atoms with van der Waals surface area (Å²) in [5.74, 6) is 0. The average Bonchev–Trinajstić information content (AvgIpc) is 2.32. The highest BCUT2D eigenvalue weighted by Gasteiger charge is 2.12. The van der Waals surface area contributed by atoms with Crippen molar-refractivity contribution in [1.82, 2.24) is 4.98 Å². The van der Waals surface area contributed by atoms with Gasteiger partial charge in [0.1, 0.15) is 0 Å². The number of aromatic nitrogens is 1. The number of benzene rings is 1. The molecule has 1 aromatic heterocycles. The Labute approximate surface area is 124 Å². The Morgan fingerprint density at radius 2 is 1.89 bits per heavy atom. The van der Waals surface area contributed by atoms with Gasteiger partial charge in [-0.05, 0) is 56.8 Å². The number of aryl methyl sites for hydroxylation is 1. The molecule has 0 aliphatic heterocycles. The van der Waals surface area contributed by atoms with E-state index in [0.29, 0.717) is 0 Å². The molecule has 0 aliphatic rings. The lowest BCUT2D eigenvalue weighted by Crippen LogP contribution is -2.15. The molecule has 2 N–H and O–H groups in total. The first kappa shape index (κ1) is 13.7. The van der Waals surface area contributed by atoms with Gasteiger partial charge in [0.25, 0.3) is 0 Å². The lowest BCUT2D eigenvalue weighted by atomic mass is 10.0. The molecule has 0 spiro atoms. The lowest BCUT2D eigenvalue weighted by Gasteiger charge is -2.13. The summed E-state index contributed by atoms with van der Waals surface area (Å²) in [5, 5.41) is 0. The molecule has 2 nitrogen and oxygen atoms in total. The normalized spacial score (nSPS) is 12.4. The fourth-order valence-electron chi connectivity index (χ4n) is 1.77. The van der Waals surface area contributed by atoms with Crippen molar-refractivity contribution in [3.63, 3.8) is 0 Å². The van der Waals surface area contributed by atoms with Gasteiger partial charge in [-0.25, -0.2) is 0 Å². The highest BCUT2D eigenvalue weighted by Crippen LogP contribution is 2.25. The third-order valence-electron chi connectivity index (χ3n) is 2.76. The smallest absolute Gasteiger partial charge is 0.0716 e. The number of hydrogen-bond acceptors (Lipinski definition) is 2. The maximum Gasteiger partial charge on any atom is 0.0716 e. The largest absolute Gasteiger partial charge is 0.322 e. The van der Waals surface area contributed by atoms with Crippen LogP contribution in [0.25, 0.3) is 0 Å². The van der Waals surface area contributed by atoms with E-state index in [4.69, 9.17) is 5.73 Å². The van der Waals surface area contributed by atoms with Crippen LogP contribution >= 0.6 is 31.9 Å². The van der Waals surface area contributed by atoms with Crippen LogP contribution in [0, 0.1) is 6.92 Å². The molecule has 2 rings (SSSR count). The van der Waals surface area contributed by atoms with Gasteiger partial charge < -0.3 is 5.73 Å². The zero-order valence-corrected chi connectivity index (χ0v) is 13.2. The van der Waals surface area contributed by atoms with Crippen molar-refractivity contribution >= 4 is 31.9 Å². The minimum atomic E-state index is -0.102. The van der Waals surface area contributed by atoms with Crippen molar-refractivity contribution in [2.45, 2.75) is 19.4 Å². The number of pyridine rings is 1. The van der Waals surface area contributed by atoms with Gasteiger partial charge in [-0.15, -0.1) is 0 Å². The Kier molecular flexibility index (Phi) is 4.54. The fourth-order valence-corrected chi connectivity index (χ4v) is 3.05. The minimum Gasteiger partial charge on any atom is -0.322 e. The Balaban J connectivity index is 2.16. The number of nitrogens with two attached hydrogens (primary N) is 1. The van der Waals surface area contributed by atoms with Crippen molar-refractivity contribution in [2.24, 2.45) is 5.73 Å². The van der Waals surface area contributed by atoms with Crippen molar-refractivity contribution in [3.8, 4) is 0 Å². The molecule has 0 saturated carbocycles. The SMILES string of the molecule is Cc1ccc(CC(N)c2ncc(Br)cc2Br)cc1. The Bertz CT molecular complexity index is 538. The second-order valence-corrected chi connectivity index (χ2v) is 6.09. The van der Waals surface area contributed by atoms with Crippen molar-refractivity contribution < 1.29 is 0 Å². The molecule has 2 aromatic rings. The summed E-state index contributed by atoms with van der Waals surface area (Å²) < 4.78 is 1.89. The summed E-state index contributed by atoms with van der Waals surface area (Å²) in [6, 6.07) is 10.3. The van der Waals surface area contributed by atoms with E-state index < -0.39 is 0 Å². The van der Waals surface area contributed by atoms with E-state index in [0.717, 1.165) is 21.1 Å². The van der Waals surface area contributed by atoms with Gasteiger partial charge in [0.15, 0.2) is 0 Å². The van der Waals surface area contributed by atoms with Crippen molar-refractivity contribution in [1.29, 1.82) is 0 Å². The summed E-state index contributed by atoms with van der Waals surface area (Å²) >= 11 is 6.89. The first-order valence-electron chi connectivity index (χ1n) is 5.68. The fraction of sp³-hybridized carbons (Fsp3) is 0.214. The monoisotopic (exact) mass is 368 g/mol. The second kappa shape index (κ2) is 5.95. The van der Waals surface area contributed by atoms with Crippen molar-refractivity contribution in [2.75, 3.05) is 0 Å². The third kappa shape index (κ3) is 3.40. The number of hydrogen-bond donors (Lipinski definition) is 1. The van der Waals surface area contributed by atoms with E-state index in [1.807, 2.05) is 6.07 Å². The topological polar surface area (TPSA) is 38.9 Å². The molecule has 18 heavy (non-hydrogen) atoms. The first-order chi connectivity index (χ1) is 8.56. The van der Waals surface area contributed by atoms with Gasteiger partial charge in [0.2, 0.25) is 0 Å². The molecule has 94 valence electrons. The van der Waals surface area contributed by atoms with Crippen LogP contribution in [0.1, 0.15) is 22.9 Å². The van der Waals surface area contributed by atoms with Crippen molar-refractivity contribution in [3.05, 3.63) is 62.3 Å². The van der Waals surface area contributed by atoms with Gasteiger partial charge in [0, 0.05) is 15.1 Å². The highest BCUT2D eigenvalue weighted by molar-refractivity contribution is 9.11. The molecule has 4 heteroatoms. The predicted octanol–water partition coefficient (Wildman–Crippen LogP) is 4.16. The van der Waals surface area contributed by atoms with E-state index >= 15 is 0 Å². The molecule has 1 heterocycles. The summed E-state index contributed by atoms with van der Waals surface area (Å²) in [6.07, 6.45) is 2.56. The molecule has 0 aliphatic carbocycles. The van der Waals surface area contributed by atoms with E-state index in [1.54, 1.807) is 6.20 Å². The molecule has 1 atom stereocenters. The number of nitrogens with zero attached hydrogens (tertiary/aromatic N) is 1. The molecular formula is C14H14Br2N2. The summed E-state index contributed by atoms with van der Waals surface area (Å²) in [7, 11) is 0. The minimum absolute atomic E-state index is 0.102. The first-order valence-corrected chi connectivity index (χ1v) is 7.27. The van der Waals surface area contributed by atoms with Gasteiger partial charge in [-0.2, -0.15) is 0 Å². The van der Waals surface area contributed by atoms with Crippen LogP contribution in [0.5, 0.6) is 0 Å². The van der Waals surface area contributed by atoms with Gasteiger partial charge >= 0.3 is 0 Å². The Morgan fingerprint density at radius 3 is 2.50 bits per heavy atom. The molecule has 0 amide bonds. The molecule has 1 unspecified atom stereocenters. The zero-order chi connectivity index (χ0) is 13.1. The predicted molar refractivity (Wildman–Crippen MR) is 81.4 cm³/mol. The van der Waals surface area contributed by atoms with E-state index in [9.17, 15) is 0 Å². The molecule has 0 bridgehead atoms. The Morgan fingerprint density at radius 1 is 1.22 bits per heavy atom. The van der Waals surface area contributed by atoms with Crippen LogP contribution in [0.3, 0.4) is 0 Å². The van der Waals surface area contributed by atoms with Crippen LogP contribution in [0.2, 0.25) is 0 Å². The molecule has 0 radical (unpaired) electrons. The van der Waals surface area contributed by atoms with E-state index in [1.165, 1.54) is 11.1 Å². The summed E-state index contributed by atoms with van der Waals surface area (Å²) in [4.78, 5) is 4.37. The Hall–Kier alpha value is -0.710. The standard InChI is InChI=1S/C14H14Br2N2/c1-9-2-4-10(5-3-9)6-13(17)14-12(16)7-11(15)8-18-14/h2-5,7-8,13H,6,17H2,1H3. The van der Waals surface area contributed by atoms with Crippen LogP contribution in [0.4, 0.5) is 0 Å². The maximum atomic E-state index is 6.21. The molecular weight excluding hydrogens is 356 g/mol. The van der Waals surface area contributed by atoms with Gasteiger partial charge in [-0.1, -0.05) is 29.8 Å². The van der Waals surface area contributed by atoms with Gasteiger partial charge in [-0.3, -0.25) is 4.98 Å². The van der Waals surface area contributed by atoms with Crippen LogP contribution < -0.4 is 5.73 Å².